The number of halogens is 6. The number of anilines is 2. The minimum Gasteiger partial charge on any atom is -0.368 e. The lowest BCUT2D eigenvalue weighted by Crippen LogP contribution is -2.49. The Balaban J connectivity index is 1.57. The van der Waals surface area contributed by atoms with Crippen molar-refractivity contribution >= 4 is 22.4 Å². The average Bonchev–Trinajstić information content (AvgIpc) is 2.79. The number of aromatic nitrogens is 3. The molecule has 1 aliphatic heterocycles. The van der Waals surface area contributed by atoms with Crippen LogP contribution >= 0.6 is 0 Å². The van der Waals surface area contributed by atoms with Crippen LogP contribution in [-0.2, 0) is 6.18 Å². The first-order chi connectivity index (χ1) is 16.4. The van der Waals surface area contributed by atoms with Crippen molar-refractivity contribution < 1.29 is 26.3 Å². The fraction of sp³-hybridized carbons (Fsp3) is 0.435. The van der Waals surface area contributed by atoms with Crippen LogP contribution < -0.4 is 10.2 Å². The van der Waals surface area contributed by atoms with Crippen molar-refractivity contribution in [1.29, 1.82) is 0 Å². The van der Waals surface area contributed by atoms with Gasteiger partial charge in [0.1, 0.15) is 0 Å². The third kappa shape index (κ3) is 5.92. The number of nitrogens with one attached hydrogen (secondary N) is 1. The van der Waals surface area contributed by atoms with E-state index in [2.05, 4.69) is 20.5 Å². The molecule has 188 valence electrons. The van der Waals surface area contributed by atoms with Crippen LogP contribution in [0.3, 0.4) is 0 Å². The van der Waals surface area contributed by atoms with E-state index in [4.69, 9.17) is 0 Å². The number of hydrogen-bond acceptors (Lipinski definition) is 6. The second-order valence-corrected chi connectivity index (χ2v) is 8.59. The topological polar surface area (TPSA) is 57.2 Å². The highest BCUT2D eigenvalue weighted by Gasteiger charge is 2.32. The maximum Gasteiger partial charge on any atom is 0.416 e. The van der Waals surface area contributed by atoms with Crippen molar-refractivity contribution in [3.8, 4) is 0 Å². The van der Waals surface area contributed by atoms with Crippen molar-refractivity contribution in [2.45, 2.75) is 32.2 Å². The van der Waals surface area contributed by atoms with Gasteiger partial charge in [0, 0.05) is 31.6 Å². The van der Waals surface area contributed by atoms with Crippen molar-refractivity contribution in [2.75, 3.05) is 42.9 Å². The highest BCUT2D eigenvalue weighted by Crippen LogP contribution is 2.33. The lowest BCUT2D eigenvalue weighted by Gasteiger charge is -2.36. The number of piperazine rings is 1. The van der Waals surface area contributed by atoms with Gasteiger partial charge in [-0.15, -0.1) is 5.10 Å². The Kier molecular flexibility index (Phi) is 6.76. The van der Waals surface area contributed by atoms with E-state index in [1.807, 2.05) is 11.0 Å². The molecule has 1 fully saturated rings. The Morgan fingerprint density at radius 3 is 2.37 bits per heavy atom. The van der Waals surface area contributed by atoms with E-state index in [0.717, 1.165) is 17.8 Å². The quantitative estimate of drug-likeness (QED) is 0.488. The first kappa shape index (κ1) is 25.0. The molecule has 1 aliphatic rings. The normalized spacial score (nSPS) is 16.5. The van der Waals surface area contributed by atoms with Crippen LogP contribution in [0.2, 0.25) is 0 Å². The van der Waals surface area contributed by atoms with Gasteiger partial charge in [0.15, 0.2) is 5.82 Å². The second-order valence-electron chi connectivity index (χ2n) is 8.59. The Bertz CT molecular complexity index is 1190. The summed E-state index contributed by atoms with van der Waals surface area (Å²) in [5.74, 6) is 0.362. The van der Waals surface area contributed by atoms with Crippen LogP contribution in [0.5, 0.6) is 0 Å². The summed E-state index contributed by atoms with van der Waals surface area (Å²) in [6.07, 6.45) is -7.04. The number of nitrogens with zero attached hydrogens (tertiary/aromatic N) is 5. The van der Waals surface area contributed by atoms with Gasteiger partial charge in [0.05, 0.1) is 41.2 Å². The molecule has 0 spiro atoms. The molecule has 1 atom stereocenters. The largest absolute Gasteiger partial charge is 0.416 e. The third-order valence-corrected chi connectivity index (χ3v) is 5.98. The molecule has 0 aliphatic carbocycles. The molecule has 0 amide bonds. The summed E-state index contributed by atoms with van der Waals surface area (Å²) in [6.45, 7) is 3.88. The molecule has 0 radical (unpaired) electrons. The van der Waals surface area contributed by atoms with E-state index in [1.54, 1.807) is 26.1 Å². The molecular formula is C23H24F6N6. The Morgan fingerprint density at radius 1 is 1.00 bits per heavy atom. The number of benzene rings is 1. The summed E-state index contributed by atoms with van der Waals surface area (Å²) in [7, 11) is 0. The van der Waals surface area contributed by atoms with E-state index in [9.17, 15) is 26.3 Å². The SMILES string of the molecule is Cc1nnc(N[C@H](C)c2cccc(C(F)(F)F)c2)c2cc(N3CCN(CC(F)(F)F)CC3)cnc12. The van der Waals surface area contributed by atoms with Crippen molar-refractivity contribution in [1.82, 2.24) is 20.1 Å². The van der Waals surface area contributed by atoms with Gasteiger partial charge in [-0.25, -0.2) is 0 Å². The van der Waals surface area contributed by atoms with Gasteiger partial charge in [-0.2, -0.15) is 31.4 Å². The Hall–Kier alpha value is -3.15. The van der Waals surface area contributed by atoms with Crippen LogP contribution in [0.25, 0.3) is 10.9 Å². The highest BCUT2D eigenvalue weighted by molar-refractivity contribution is 5.92. The molecule has 0 bridgehead atoms. The first-order valence-corrected chi connectivity index (χ1v) is 11.0. The van der Waals surface area contributed by atoms with Crippen LogP contribution in [0.15, 0.2) is 36.5 Å². The molecule has 1 saturated heterocycles. The summed E-state index contributed by atoms with van der Waals surface area (Å²) in [6, 6.07) is 6.39. The number of fused-ring (bicyclic) bond motifs is 1. The van der Waals surface area contributed by atoms with Gasteiger partial charge in [-0.1, -0.05) is 12.1 Å². The fourth-order valence-corrected chi connectivity index (χ4v) is 4.12. The third-order valence-electron chi connectivity index (χ3n) is 5.98. The van der Waals surface area contributed by atoms with Crippen LogP contribution in [0, 0.1) is 6.92 Å². The zero-order valence-electron chi connectivity index (χ0n) is 19.1. The monoisotopic (exact) mass is 498 g/mol. The Labute approximate surface area is 198 Å². The van der Waals surface area contributed by atoms with Crippen LogP contribution in [-0.4, -0.2) is 59.0 Å². The second kappa shape index (κ2) is 9.48. The summed E-state index contributed by atoms with van der Waals surface area (Å²) < 4.78 is 77.4. The summed E-state index contributed by atoms with van der Waals surface area (Å²) in [4.78, 5) is 7.81. The van der Waals surface area contributed by atoms with Gasteiger partial charge in [0.2, 0.25) is 0 Å². The Morgan fingerprint density at radius 2 is 1.71 bits per heavy atom. The lowest BCUT2D eigenvalue weighted by atomic mass is 10.0. The van der Waals surface area contributed by atoms with Gasteiger partial charge in [-0.05, 0) is 37.6 Å². The molecule has 1 N–H and O–H groups in total. The van der Waals surface area contributed by atoms with E-state index in [-0.39, 0.29) is 13.1 Å². The summed E-state index contributed by atoms with van der Waals surface area (Å²) in [5.41, 5.74) is 1.58. The van der Waals surface area contributed by atoms with Crippen LogP contribution in [0.1, 0.15) is 29.8 Å². The number of hydrogen-bond donors (Lipinski definition) is 1. The molecule has 1 aromatic carbocycles. The summed E-state index contributed by atoms with van der Waals surface area (Å²) in [5, 5.41) is 12.1. The number of rotatable bonds is 5. The molecule has 3 heterocycles. The van der Waals surface area contributed by atoms with Crippen LogP contribution in [0.4, 0.5) is 37.8 Å². The summed E-state index contributed by atoms with van der Waals surface area (Å²) >= 11 is 0. The van der Waals surface area contributed by atoms with Gasteiger partial charge < -0.3 is 10.2 Å². The molecule has 4 rings (SSSR count). The average molecular weight is 498 g/mol. The van der Waals surface area contributed by atoms with E-state index in [0.29, 0.717) is 41.1 Å². The molecule has 0 unspecified atom stereocenters. The molecule has 2 aromatic heterocycles. The number of pyridine rings is 1. The molecule has 12 heteroatoms. The zero-order chi connectivity index (χ0) is 25.4. The van der Waals surface area contributed by atoms with E-state index in [1.165, 1.54) is 11.0 Å². The number of alkyl halides is 6. The van der Waals surface area contributed by atoms with E-state index < -0.39 is 30.5 Å². The van der Waals surface area contributed by atoms with Gasteiger partial charge >= 0.3 is 12.4 Å². The predicted molar refractivity (Wildman–Crippen MR) is 120 cm³/mol. The smallest absolute Gasteiger partial charge is 0.368 e. The lowest BCUT2D eigenvalue weighted by molar-refractivity contribution is -0.146. The number of aryl methyl sites for hydroxylation is 1. The minimum atomic E-state index is -4.45. The van der Waals surface area contributed by atoms with Crippen molar-refractivity contribution in [2.24, 2.45) is 0 Å². The van der Waals surface area contributed by atoms with Crippen molar-refractivity contribution in [3.63, 3.8) is 0 Å². The zero-order valence-corrected chi connectivity index (χ0v) is 19.1. The fourth-order valence-electron chi connectivity index (χ4n) is 4.12. The van der Waals surface area contributed by atoms with Gasteiger partial charge in [-0.3, -0.25) is 9.88 Å². The highest BCUT2D eigenvalue weighted by atomic mass is 19.4. The minimum absolute atomic E-state index is 0.267. The molecule has 3 aromatic rings. The molecule has 6 nitrogen and oxygen atoms in total. The molecule has 0 saturated carbocycles. The van der Waals surface area contributed by atoms with E-state index >= 15 is 0 Å². The maximum atomic E-state index is 13.1. The van der Waals surface area contributed by atoms with Crippen molar-refractivity contribution in [3.05, 3.63) is 53.3 Å². The predicted octanol–water partition coefficient (Wildman–Crippen LogP) is 5.21. The standard InChI is InChI=1S/C23H24F6N6/c1-14(16-4-3-5-17(10-16)23(27,28)29)31-21-19-11-18(12-30-20(19)15(2)32-33-21)35-8-6-34(7-9-35)13-22(24,25)26/h3-5,10-12,14H,6-9,13H2,1-2H3,(H,31,33)/t14-/m1/s1. The van der Waals surface area contributed by atoms with Gasteiger partial charge in [0.25, 0.3) is 0 Å². The molecule has 35 heavy (non-hydrogen) atoms. The first-order valence-electron chi connectivity index (χ1n) is 11.0. The molecular weight excluding hydrogens is 474 g/mol. The maximum absolute atomic E-state index is 13.1.